The van der Waals surface area contributed by atoms with Crippen molar-refractivity contribution >= 4 is 5.91 Å². The largest absolute Gasteiger partial charge is 0.433 e. The normalized spacial score (nSPS) is 12.9. The number of nitrogens with one attached hydrogen (secondary N) is 1. The summed E-state index contributed by atoms with van der Waals surface area (Å²) in [6.07, 6.45) is -0.750. The lowest BCUT2D eigenvalue weighted by atomic mass is 10.1. The third-order valence-corrected chi connectivity index (χ3v) is 3.25. The van der Waals surface area contributed by atoms with Gasteiger partial charge in [-0.05, 0) is 31.0 Å². The van der Waals surface area contributed by atoms with Crippen LogP contribution in [0.15, 0.2) is 30.6 Å². The van der Waals surface area contributed by atoms with Crippen LogP contribution in [0, 0.1) is 0 Å². The van der Waals surface area contributed by atoms with Gasteiger partial charge in [-0.1, -0.05) is 13.0 Å². The second kappa shape index (κ2) is 6.80. The molecule has 8 heteroatoms. The molecule has 0 aromatic carbocycles. The lowest BCUT2D eigenvalue weighted by molar-refractivity contribution is -0.141. The van der Waals surface area contributed by atoms with Crippen molar-refractivity contribution in [3.8, 4) is 0 Å². The first-order chi connectivity index (χ1) is 10.8. The van der Waals surface area contributed by atoms with Crippen molar-refractivity contribution in [1.82, 2.24) is 20.1 Å². The summed E-state index contributed by atoms with van der Waals surface area (Å²) in [5.41, 5.74) is -0.206. The minimum atomic E-state index is -4.48. The number of hydrogen-bond acceptors (Lipinski definition) is 3. The fraction of sp³-hybridized carbons (Fsp3) is 0.400. The maximum absolute atomic E-state index is 12.5. The first kappa shape index (κ1) is 17.0. The second-order valence-electron chi connectivity index (χ2n) is 5.13. The van der Waals surface area contributed by atoms with Crippen LogP contribution in [0.25, 0.3) is 0 Å². The molecule has 5 nitrogen and oxygen atoms in total. The van der Waals surface area contributed by atoms with Crippen LogP contribution in [0.4, 0.5) is 13.2 Å². The van der Waals surface area contributed by atoms with Crippen molar-refractivity contribution in [1.29, 1.82) is 0 Å². The molecule has 0 unspecified atom stereocenters. The van der Waals surface area contributed by atoms with Crippen LogP contribution in [-0.4, -0.2) is 20.7 Å². The van der Waals surface area contributed by atoms with Crippen molar-refractivity contribution in [2.24, 2.45) is 0 Å². The molecule has 1 atom stereocenters. The number of amides is 1. The molecule has 1 N–H and O–H groups in total. The topological polar surface area (TPSA) is 59.8 Å². The Morgan fingerprint density at radius 2 is 2.09 bits per heavy atom. The molecule has 2 aromatic rings. The lowest BCUT2D eigenvalue weighted by Gasteiger charge is -2.14. The molecule has 0 radical (unpaired) electrons. The Morgan fingerprint density at radius 1 is 1.35 bits per heavy atom. The van der Waals surface area contributed by atoms with E-state index >= 15 is 0 Å². The van der Waals surface area contributed by atoms with E-state index in [1.54, 1.807) is 23.9 Å². The Balaban J connectivity index is 2.02. The predicted octanol–water partition coefficient (Wildman–Crippen LogP) is 3.20. The van der Waals surface area contributed by atoms with Gasteiger partial charge in [0.15, 0.2) is 0 Å². The molecule has 0 aliphatic carbocycles. The number of rotatable bonds is 5. The average Bonchev–Trinajstić information content (AvgIpc) is 2.95. The van der Waals surface area contributed by atoms with Crippen molar-refractivity contribution in [3.63, 3.8) is 0 Å². The van der Waals surface area contributed by atoms with Crippen LogP contribution in [0.2, 0.25) is 0 Å². The number of hydrogen-bond donors (Lipinski definition) is 1. The van der Waals surface area contributed by atoms with Crippen LogP contribution in [0.5, 0.6) is 0 Å². The molecule has 0 aliphatic heterocycles. The van der Waals surface area contributed by atoms with Gasteiger partial charge in [-0.3, -0.25) is 14.5 Å². The molecule has 1 amide bonds. The van der Waals surface area contributed by atoms with Gasteiger partial charge in [-0.2, -0.15) is 18.3 Å². The third kappa shape index (κ3) is 4.30. The zero-order valence-electron chi connectivity index (χ0n) is 12.8. The van der Waals surface area contributed by atoms with Crippen molar-refractivity contribution in [2.75, 3.05) is 0 Å². The molecule has 2 heterocycles. The molecule has 0 aliphatic rings. The molecule has 23 heavy (non-hydrogen) atoms. The highest BCUT2D eigenvalue weighted by Gasteiger charge is 2.32. The summed E-state index contributed by atoms with van der Waals surface area (Å²) in [6.45, 7) is 4.39. The van der Waals surface area contributed by atoms with Gasteiger partial charge in [0.05, 0.1) is 6.04 Å². The van der Waals surface area contributed by atoms with Gasteiger partial charge in [-0.25, -0.2) is 0 Å². The molecule has 2 aromatic heterocycles. The highest BCUT2D eigenvalue weighted by Crippen LogP contribution is 2.27. The van der Waals surface area contributed by atoms with E-state index in [1.165, 1.54) is 6.07 Å². The first-order valence-corrected chi connectivity index (χ1v) is 7.18. The Morgan fingerprint density at radius 3 is 2.65 bits per heavy atom. The molecular formula is C15H17F3N4O. The predicted molar refractivity (Wildman–Crippen MR) is 77.6 cm³/mol. The van der Waals surface area contributed by atoms with E-state index in [0.717, 1.165) is 18.7 Å². The van der Waals surface area contributed by atoms with E-state index in [4.69, 9.17) is 0 Å². The van der Waals surface area contributed by atoms with Gasteiger partial charge in [0.2, 0.25) is 0 Å². The zero-order valence-corrected chi connectivity index (χ0v) is 12.8. The van der Waals surface area contributed by atoms with E-state index < -0.39 is 17.9 Å². The molecular weight excluding hydrogens is 309 g/mol. The molecule has 124 valence electrons. The van der Waals surface area contributed by atoms with Crippen LogP contribution in [-0.2, 0) is 12.7 Å². The van der Waals surface area contributed by atoms with Crippen molar-refractivity contribution in [3.05, 3.63) is 47.5 Å². The van der Waals surface area contributed by atoms with Gasteiger partial charge in [0.1, 0.15) is 11.4 Å². The highest BCUT2D eigenvalue weighted by atomic mass is 19.4. The van der Waals surface area contributed by atoms with Gasteiger partial charge in [0.25, 0.3) is 5.91 Å². The maximum atomic E-state index is 12.5. The second-order valence-corrected chi connectivity index (χ2v) is 5.13. The smallest absolute Gasteiger partial charge is 0.344 e. The number of aryl methyl sites for hydroxylation is 1. The average molecular weight is 326 g/mol. The number of aromatic nitrogens is 3. The monoisotopic (exact) mass is 326 g/mol. The van der Waals surface area contributed by atoms with Gasteiger partial charge < -0.3 is 5.32 Å². The molecule has 0 saturated heterocycles. The molecule has 0 spiro atoms. The number of pyridine rings is 1. The number of carbonyl (C=O) groups excluding carboxylic acids is 1. The SMILES string of the molecule is CCCn1ccc(C(=O)N[C@H](C)c2ccc(C(F)(F)F)nc2)n1. The van der Waals surface area contributed by atoms with Gasteiger partial charge >= 0.3 is 6.18 Å². The number of halogens is 3. The zero-order chi connectivity index (χ0) is 17.0. The van der Waals surface area contributed by atoms with E-state index in [0.29, 0.717) is 12.1 Å². The number of nitrogens with zero attached hydrogens (tertiary/aromatic N) is 3. The Labute approximate surface area is 131 Å². The fourth-order valence-electron chi connectivity index (χ4n) is 2.02. The van der Waals surface area contributed by atoms with E-state index in [2.05, 4.69) is 15.4 Å². The number of carbonyl (C=O) groups is 1. The summed E-state index contributed by atoms with van der Waals surface area (Å²) in [5.74, 6) is -0.382. The minimum Gasteiger partial charge on any atom is -0.344 e. The van der Waals surface area contributed by atoms with Crippen molar-refractivity contribution < 1.29 is 18.0 Å². The van der Waals surface area contributed by atoms with E-state index in [-0.39, 0.29) is 11.6 Å². The Kier molecular flexibility index (Phi) is 5.02. The van der Waals surface area contributed by atoms with E-state index in [1.807, 2.05) is 6.92 Å². The van der Waals surface area contributed by atoms with Crippen LogP contribution in [0.1, 0.15) is 48.1 Å². The van der Waals surface area contributed by atoms with Crippen LogP contribution >= 0.6 is 0 Å². The minimum absolute atomic E-state index is 0.269. The summed E-state index contributed by atoms with van der Waals surface area (Å²) in [4.78, 5) is 15.5. The van der Waals surface area contributed by atoms with Crippen LogP contribution in [0.3, 0.4) is 0 Å². The summed E-state index contributed by atoms with van der Waals surface area (Å²) < 4.78 is 39.1. The highest BCUT2D eigenvalue weighted by molar-refractivity contribution is 5.92. The Hall–Kier alpha value is -2.38. The van der Waals surface area contributed by atoms with E-state index in [9.17, 15) is 18.0 Å². The standard InChI is InChI=1S/C15H17F3N4O/c1-3-7-22-8-6-12(21-22)14(23)20-10(2)11-4-5-13(19-9-11)15(16,17)18/h4-6,8-10H,3,7H2,1-2H3,(H,20,23)/t10-/m1/s1. The van der Waals surface area contributed by atoms with Crippen molar-refractivity contribution in [2.45, 2.75) is 39.0 Å². The quantitative estimate of drug-likeness (QED) is 0.918. The first-order valence-electron chi connectivity index (χ1n) is 7.18. The third-order valence-electron chi connectivity index (χ3n) is 3.25. The Bertz CT molecular complexity index is 664. The number of alkyl halides is 3. The molecule has 2 rings (SSSR count). The summed E-state index contributed by atoms with van der Waals surface area (Å²) in [7, 11) is 0. The summed E-state index contributed by atoms with van der Waals surface area (Å²) in [5, 5.41) is 6.82. The van der Waals surface area contributed by atoms with Crippen LogP contribution < -0.4 is 5.32 Å². The molecule has 0 fully saturated rings. The van der Waals surface area contributed by atoms with Gasteiger partial charge in [-0.15, -0.1) is 0 Å². The fourth-order valence-corrected chi connectivity index (χ4v) is 2.02. The maximum Gasteiger partial charge on any atom is 0.433 e. The summed E-state index contributed by atoms with van der Waals surface area (Å²) in [6, 6.07) is 3.32. The lowest BCUT2D eigenvalue weighted by Crippen LogP contribution is -2.27. The molecule has 0 saturated carbocycles. The summed E-state index contributed by atoms with van der Waals surface area (Å²) >= 11 is 0. The molecule has 0 bridgehead atoms. The van der Waals surface area contributed by atoms with Gasteiger partial charge in [0, 0.05) is 18.9 Å².